The standard InChI is InChI=1S/C18H24ClN3O4S2/c1-20(28(25,26)15-7-5-14(19)6-8-15)11-17(23)22-13-27-12-16(22)18(24)21-9-3-2-4-10-21/h5-8,16H,2-4,9-13H2,1H3/t16-/m1/s1. The molecule has 0 aromatic heterocycles. The van der Waals surface area contributed by atoms with Crippen molar-refractivity contribution in [2.45, 2.75) is 30.2 Å². The van der Waals surface area contributed by atoms with Gasteiger partial charge in [-0.3, -0.25) is 9.59 Å². The molecule has 3 rings (SSSR count). The lowest BCUT2D eigenvalue weighted by atomic mass is 10.1. The van der Waals surface area contributed by atoms with Crippen LogP contribution in [-0.2, 0) is 19.6 Å². The highest BCUT2D eigenvalue weighted by Crippen LogP contribution is 2.25. The summed E-state index contributed by atoms with van der Waals surface area (Å²) >= 11 is 7.33. The smallest absolute Gasteiger partial charge is 0.246 e. The number of carbonyl (C=O) groups excluding carboxylic acids is 2. The highest BCUT2D eigenvalue weighted by Gasteiger charge is 2.38. The quantitative estimate of drug-likeness (QED) is 0.691. The van der Waals surface area contributed by atoms with Gasteiger partial charge in [-0.1, -0.05) is 11.6 Å². The molecule has 10 heteroatoms. The minimum Gasteiger partial charge on any atom is -0.341 e. The van der Waals surface area contributed by atoms with Crippen LogP contribution in [0, 0.1) is 0 Å². The molecule has 2 amide bonds. The van der Waals surface area contributed by atoms with Crippen molar-refractivity contribution in [3.8, 4) is 0 Å². The molecule has 28 heavy (non-hydrogen) atoms. The van der Waals surface area contributed by atoms with Gasteiger partial charge in [0.2, 0.25) is 21.8 Å². The second-order valence-electron chi connectivity index (χ2n) is 6.98. The number of rotatable bonds is 5. The molecular formula is C18H24ClN3O4S2. The van der Waals surface area contributed by atoms with Gasteiger partial charge < -0.3 is 9.80 Å². The lowest BCUT2D eigenvalue weighted by molar-refractivity contribution is -0.143. The highest BCUT2D eigenvalue weighted by molar-refractivity contribution is 7.99. The van der Waals surface area contributed by atoms with Gasteiger partial charge in [-0.15, -0.1) is 11.8 Å². The molecule has 2 aliphatic heterocycles. The molecule has 2 heterocycles. The van der Waals surface area contributed by atoms with E-state index in [2.05, 4.69) is 0 Å². The van der Waals surface area contributed by atoms with Crippen molar-refractivity contribution in [2.75, 3.05) is 38.3 Å². The third kappa shape index (κ3) is 4.64. The van der Waals surface area contributed by atoms with Gasteiger partial charge in [-0.05, 0) is 43.5 Å². The number of amides is 2. The Morgan fingerprint density at radius 2 is 1.82 bits per heavy atom. The van der Waals surface area contributed by atoms with Crippen LogP contribution in [0.15, 0.2) is 29.2 Å². The van der Waals surface area contributed by atoms with Gasteiger partial charge in [0.05, 0.1) is 17.3 Å². The largest absolute Gasteiger partial charge is 0.341 e. The SMILES string of the molecule is CN(CC(=O)N1CSC[C@@H]1C(=O)N1CCCCC1)S(=O)(=O)c1ccc(Cl)cc1. The van der Waals surface area contributed by atoms with Crippen LogP contribution in [0.1, 0.15) is 19.3 Å². The van der Waals surface area contributed by atoms with E-state index in [4.69, 9.17) is 11.6 Å². The van der Waals surface area contributed by atoms with E-state index in [0.717, 1.165) is 36.7 Å². The second-order valence-corrected chi connectivity index (χ2v) is 10.5. The molecule has 2 aliphatic rings. The van der Waals surface area contributed by atoms with Crippen molar-refractivity contribution >= 4 is 45.2 Å². The van der Waals surface area contributed by atoms with Crippen molar-refractivity contribution < 1.29 is 18.0 Å². The van der Waals surface area contributed by atoms with E-state index < -0.39 is 16.1 Å². The van der Waals surface area contributed by atoms with Crippen LogP contribution in [0.25, 0.3) is 0 Å². The normalized spacial score (nSPS) is 20.6. The molecule has 0 radical (unpaired) electrons. The Morgan fingerprint density at radius 1 is 1.18 bits per heavy atom. The Kier molecular flexibility index (Phi) is 6.90. The predicted octanol–water partition coefficient (Wildman–Crippen LogP) is 1.87. The van der Waals surface area contributed by atoms with Gasteiger partial charge in [0.1, 0.15) is 6.04 Å². The first-order valence-electron chi connectivity index (χ1n) is 9.18. The van der Waals surface area contributed by atoms with Crippen molar-refractivity contribution in [1.29, 1.82) is 0 Å². The van der Waals surface area contributed by atoms with Gasteiger partial charge >= 0.3 is 0 Å². The van der Waals surface area contributed by atoms with Crippen LogP contribution in [-0.4, -0.2) is 78.7 Å². The number of hydrogen-bond acceptors (Lipinski definition) is 5. The maximum Gasteiger partial charge on any atom is 0.246 e. The Hall–Kier alpha value is -1.29. The summed E-state index contributed by atoms with van der Waals surface area (Å²) in [6.45, 7) is 1.15. The summed E-state index contributed by atoms with van der Waals surface area (Å²) in [4.78, 5) is 29.0. The maximum atomic E-state index is 12.8. The van der Waals surface area contributed by atoms with Crippen molar-refractivity contribution in [1.82, 2.24) is 14.1 Å². The summed E-state index contributed by atoms with van der Waals surface area (Å²) in [7, 11) is -2.45. The monoisotopic (exact) mass is 445 g/mol. The Balaban J connectivity index is 1.67. The van der Waals surface area contributed by atoms with E-state index >= 15 is 0 Å². The van der Waals surface area contributed by atoms with Crippen LogP contribution in [0.4, 0.5) is 0 Å². The number of thioether (sulfide) groups is 1. The van der Waals surface area contributed by atoms with Gasteiger partial charge in [-0.25, -0.2) is 8.42 Å². The second kappa shape index (κ2) is 9.02. The van der Waals surface area contributed by atoms with E-state index in [1.54, 1.807) is 0 Å². The van der Waals surface area contributed by atoms with E-state index in [0.29, 0.717) is 16.7 Å². The number of likely N-dealkylation sites (N-methyl/N-ethyl adjacent to an activating group) is 1. The summed E-state index contributed by atoms with van der Waals surface area (Å²) in [5.74, 6) is 0.564. The minimum absolute atomic E-state index is 0.0266. The molecule has 0 bridgehead atoms. The number of likely N-dealkylation sites (tertiary alicyclic amines) is 1. The third-order valence-corrected chi connectivity index (χ3v) is 8.12. The fraction of sp³-hybridized carbons (Fsp3) is 0.556. The van der Waals surface area contributed by atoms with E-state index in [1.165, 1.54) is 48.0 Å². The van der Waals surface area contributed by atoms with Crippen molar-refractivity contribution in [2.24, 2.45) is 0 Å². The first kappa shape index (κ1) is 21.4. The lowest BCUT2D eigenvalue weighted by Gasteiger charge is -2.32. The van der Waals surface area contributed by atoms with Crippen LogP contribution < -0.4 is 0 Å². The Labute approximate surface area is 175 Å². The zero-order valence-electron chi connectivity index (χ0n) is 15.7. The van der Waals surface area contributed by atoms with Gasteiger partial charge in [0.15, 0.2) is 0 Å². The van der Waals surface area contributed by atoms with Crippen molar-refractivity contribution in [3.05, 3.63) is 29.3 Å². The zero-order chi connectivity index (χ0) is 20.3. The van der Waals surface area contributed by atoms with Crippen LogP contribution in [0.2, 0.25) is 5.02 Å². The number of nitrogens with zero attached hydrogens (tertiary/aromatic N) is 3. The number of hydrogen-bond donors (Lipinski definition) is 0. The molecule has 2 fully saturated rings. The molecule has 154 valence electrons. The molecule has 1 aromatic rings. The zero-order valence-corrected chi connectivity index (χ0v) is 18.1. The molecule has 2 saturated heterocycles. The highest BCUT2D eigenvalue weighted by atomic mass is 35.5. The average Bonchev–Trinajstić information content (AvgIpc) is 3.18. The molecule has 0 saturated carbocycles. The summed E-state index contributed by atoms with van der Waals surface area (Å²) in [6, 6.07) is 5.30. The molecule has 7 nitrogen and oxygen atoms in total. The lowest BCUT2D eigenvalue weighted by Crippen LogP contribution is -2.52. The molecule has 1 atom stereocenters. The number of piperidine rings is 1. The van der Waals surface area contributed by atoms with Gasteiger partial charge in [0, 0.05) is 30.9 Å². The molecule has 0 N–H and O–H groups in total. The van der Waals surface area contributed by atoms with Gasteiger partial charge in [-0.2, -0.15) is 4.31 Å². The summed E-state index contributed by atoms with van der Waals surface area (Å²) in [6.07, 6.45) is 3.10. The van der Waals surface area contributed by atoms with Crippen LogP contribution in [0.3, 0.4) is 0 Å². The number of carbonyl (C=O) groups is 2. The summed E-state index contributed by atoms with van der Waals surface area (Å²) < 4.78 is 26.4. The molecular weight excluding hydrogens is 422 g/mol. The van der Waals surface area contributed by atoms with Crippen LogP contribution >= 0.6 is 23.4 Å². The molecule has 0 unspecified atom stereocenters. The topological polar surface area (TPSA) is 78.0 Å². The Morgan fingerprint density at radius 3 is 2.46 bits per heavy atom. The van der Waals surface area contributed by atoms with E-state index in [9.17, 15) is 18.0 Å². The number of sulfonamides is 1. The summed E-state index contributed by atoms with van der Waals surface area (Å²) in [5, 5.41) is 0.436. The van der Waals surface area contributed by atoms with Crippen LogP contribution in [0.5, 0.6) is 0 Å². The van der Waals surface area contributed by atoms with Gasteiger partial charge in [0.25, 0.3) is 0 Å². The predicted molar refractivity (Wildman–Crippen MR) is 110 cm³/mol. The third-order valence-electron chi connectivity index (χ3n) is 5.04. The average molecular weight is 446 g/mol. The van der Waals surface area contributed by atoms with E-state index in [1.807, 2.05) is 4.90 Å². The first-order chi connectivity index (χ1) is 13.3. The Bertz CT molecular complexity index is 826. The number of benzene rings is 1. The van der Waals surface area contributed by atoms with Crippen molar-refractivity contribution in [3.63, 3.8) is 0 Å². The van der Waals surface area contributed by atoms with E-state index in [-0.39, 0.29) is 23.3 Å². The maximum absolute atomic E-state index is 12.8. The molecule has 0 spiro atoms. The molecule has 0 aliphatic carbocycles. The fourth-order valence-electron chi connectivity index (χ4n) is 3.37. The number of halogens is 1. The first-order valence-corrected chi connectivity index (χ1v) is 12.2. The minimum atomic E-state index is -3.81. The summed E-state index contributed by atoms with van der Waals surface area (Å²) in [5.41, 5.74) is 0. The molecule has 1 aromatic carbocycles. The fourth-order valence-corrected chi connectivity index (χ4v) is 5.79.